The van der Waals surface area contributed by atoms with Crippen LogP contribution < -0.4 is 10.1 Å². The zero-order valence-corrected chi connectivity index (χ0v) is 22.3. The minimum atomic E-state index is -0.456. The number of nitrogens with zero attached hydrogens (tertiary/aromatic N) is 5. The molecule has 6 rings (SSSR count). The molecule has 0 saturated heterocycles. The number of anilines is 1. The highest BCUT2D eigenvalue weighted by Gasteiger charge is 2.31. The molecule has 1 atom stereocenters. The molecule has 0 spiro atoms. The predicted molar refractivity (Wildman–Crippen MR) is 149 cm³/mol. The van der Waals surface area contributed by atoms with E-state index < -0.39 is 6.09 Å². The second-order valence-corrected chi connectivity index (χ2v) is 10.6. The van der Waals surface area contributed by atoms with E-state index in [0.29, 0.717) is 28.8 Å². The molecule has 2 heterocycles. The van der Waals surface area contributed by atoms with Gasteiger partial charge in [-0.05, 0) is 81.2 Å². The molecule has 0 unspecified atom stereocenters. The average Bonchev–Trinajstić information content (AvgIpc) is 3.87. The van der Waals surface area contributed by atoms with Crippen molar-refractivity contribution in [1.29, 1.82) is 10.5 Å². The summed E-state index contributed by atoms with van der Waals surface area (Å²) >= 11 is 0. The van der Waals surface area contributed by atoms with E-state index in [-0.39, 0.29) is 17.7 Å². The molecule has 2 aromatic heterocycles. The van der Waals surface area contributed by atoms with Gasteiger partial charge in [0.15, 0.2) is 0 Å². The molecule has 2 saturated carbocycles. The van der Waals surface area contributed by atoms with E-state index >= 15 is 0 Å². The fourth-order valence-electron chi connectivity index (χ4n) is 5.11. The minimum Gasteiger partial charge on any atom is -0.446 e. The van der Waals surface area contributed by atoms with Crippen molar-refractivity contribution in [2.45, 2.75) is 52.2 Å². The fraction of sp³-hybridized carbons (Fsp3) is 0.323. The lowest BCUT2D eigenvalue weighted by Gasteiger charge is -2.16. The van der Waals surface area contributed by atoms with Crippen LogP contribution in [0.15, 0.2) is 48.8 Å². The third-order valence-electron chi connectivity index (χ3n) is 7.58. The highest BCUT2D eigenvalue weighted by Crippen LogP contribution is 2.41. The zero-order valence-electron chi connectivity index (χ0n) is 22.3. The normalized spacial score (nSPS) is 15.2. The number of nitriles is 2. The van der Waals surface area contributed by atoms with Gasteiger partial charge in [-0.3, -0.25) is 5.32 Å². The molecule has 2 aliphatic rings. The van der Waals surface area contributed by atoms with E-state index in [1.807, 2.05) is 50.2 Å². The number of ether oxygens (including phenoxy) is 2. The maximum atomic E-state index is 12.4. The van der Waals surface area contributed by atoms with Crippen LogP contribution in [0, 0.1) is 41.4 Å². The van der Waals surface area contributed by atoms with Crippen LogP contribution in [0.3, 0.4) is 0 Å². The van der Waals surface area contributed by atoms with Crippen molar-refractivity contribution >= 4 is 22.7 Å². The Morgan fingerprint density at radius 3 is 2.60 bits per heavy atom. The van der Waals surface area contributed by atoms with Crippen LogP contribution in [0.1, 0.15) is 49.4 Å². The van der Waals surface area contributed by atoms with E-state index in [4.69, 9.17) is 9.47 Å². The van der Waals surface area contributed by atoms with E-state index in [1.165, 1.54) is 12.4 Å². The highest BCUT2D eigenvalue weighted by molar-refractivity contribution is 5.96. The number of carbonyl (C=O) groups is 1. The van der Waals surface area contributed by atoms with Crippen molar-refractivity contribution < 1.29 is 14.3 Å². The third kappa shape index (κ3) is 5.06. The first kappa shape index (κ1) is 25.4. The summed E-state index contributed by atoms with van der Waals surface area (Å²) in [6.07, 6.45) is 6.87. The van der Waals surface area contributed by atoms with Crippen LogP contribution in [-0.2, 0) is 11.3 Å². The molecule has 1 N–H and O–H groups in total. The average molecular weight is 533 g/mol. The van der Waals surface area contributed by atoms with Gasteiger partial charge in [0.25, 0.3) is 5.88 Å². The molecule has 2 fully saturated rings. The molecule has 0 bridgehead atoms. The number of benzene rings is 2. The fourth-order valence-corrected chi connectivity index (χ4v) is 5.11. The Hall–Kier alpha value is -4.89. The number of amides is 1. The quantitative estimate of drug-likeness (QED) is 0.268. The molecule has 4 aromatic rings. The Morgan fingerprint density at radius 1 is 1.10 bits per heavy atom. The standard InChI is InChI=1S/C31H28N6O3/c1-18-13-22(36-31(38)39-19(2)21-5-6-21)7-9-24(18)29-26(15-32)25-10-8-23(14-28(25)37(29)17-20-3-4-20)40-30-27(16-33)34-11-12-35-30/h7-14,19-21H,3-6,17H2,1-2H3,(H,36,38)/t19-/m1/s1. The molecule has 1 amide bonds. The van der Waals surface area contributed by atoms with Gasteiger partial charge < -0.3 is 14.0 Å². The maximum absolute atomic E-state index is 12.4. The van der Waals surface area contributed by atoms with Crippen LogP contribution >= 0.6 is 0 Å². The van der Waals surface area contributed by atoms with Gasteiger partial charge in [0.05, 0.1) is 16.8 Å². The number of fused-ring (bicyclic) bond motifs is 1. The SMILES string of the molecule is Cc1cc(NC(=O)O[C@H](C)C2CC2)ccc1-c1c(C#N)c2ccc(Oc3nccnc3C#N)cc2n1CC1CC1. The Morgan fingerprint density at radius 2 is 1.90 bits per heavy atom. The number of aromatic nitrogens is 3. The van der Waals surface area contributed by atoms with E-state index in [1.54, 1.807) is 6.07 Å². The number of nitrogens with one attached hydrogen (secondary N) is 1. The molecule has 9 nitrogen and oxygen atoms in total. The van der Waals surface area contributed by atoms with Crippen LogP contribution in [0.2, 0.25) is 0 Å². The molecule has 200 valence electrons. The Kier molecular flexibility index (Phi) is 6.57. The van der Waals surface area contributed by atoms with Crippen LogP contribution in [0.4, 0.5) is 10.5 Å². The summed E-state index contributed by atoms with van der Waals surface area (Å²) in [6.45, 7) is 4.68. The van der Waals surface area contributed by atoms with Gasteiger partial charge in [-0.25, -0.2) is 14.8 Å². The summed E-state index contributed by atoms with van der Waals surface area (Å²) < 4.78 is 13.7. The van der Waals surface area contributed by atoms with Crippen LogP contribution in [0.5, 0.6) is 11.6 Å². The lowest BCUT2D eigenvalue weighted by Crippen LogP contribution is -2.21. The van der Waals surface area contributed by atoms with Gasteiger partial charge in [0, 0.05) is 41.6 Å². The van der Waals surface area contributed by atoms with E-state index in [2.05, 4.69) is 25.9 Å². The summed E-state index contributed by atoms with van der Waals surface area (Å²) in [6, 6.07) is 15.7. The Balaban J connectivity index is 1.37. The molecule has 0 aliphatic heterocycles. The summed E-state index contributed by atoms with van der Waals surface area (Å²) in [5.41, 5.74) is 4.89. The first-order chi connectivity index (χ1) is 19.4. The van der Waals surface area contributed by atoms with Gasteiger partial charge in [-0.2, -0.15) is 10.5 Å². The van der Waals surface area contributed by atoms with E-state index in [9.17, 15) is 15.3 Å². The van der Waals surface area contributed by atoms with Gasteiger partial charge in [-0.15, -0.1) is 0 Å². The van der Waals surface area contributed by atoms with Gasteiger partial charge >= 0.3 is 6.09 Å². The van der Waals surface area contributed by atoms with Crippen LogP contribution in [-0.4, -0.2) is 26.7 Å². The van der Waals surface area contributed by atoms with Crippen molar-refractivity contribution in [1.82, 2.24) is 14.5 Å². The molecule has 0 radical (unpaired) electrons. The maximum Gasteiger partial charge on any atom is 0.411 e. The van der Waals surface area contributed by atoms with Crippen molar-refractivity contribution in [2.75, 3.05) is 5.32 Å². The number of aryl methyl sites for hydroxylation is 1. The summed E-state index contributed by atoms with van der Waals surface area (Å²) in [4.78, 5) is 20.6. The molecule has 2 aromatic carbocycles. The molecule has 40 heavy (non-hydrogen) atoms. The number of carbonyl (C=O) groups excluding carboxylic acids is 1. The number of hydrogen-bond acceptors (Lipinski definition) is 7. The Bertz CT molecular complexity index is 1700. The highest BCUT2D eigenvalue weighted by atomic mass is 16.6. The van der Waals surface area contributed by atoms with Crippen molar-refractivity contribution in [3.63, 3.8) is 0 Å². The second-order valence-electron chi connectivity index (χ2n) is 10.6. The van der Waals surface area contributed by atoms with Gasteiger partial charge in [0.1, 0.15) is 24.0 Å². The number of hydrogen-bond donors (Lipinski definition) is 1. The first-order valence-electron chi connectivity index (χ1n) is 13.5. The lowest BCUT2D eigenvalue weighted by atomic mass is 10.0. The number of rotatable bonds is 8. The third-order valence-corrected chi connectivity index (χ3v) is 7.58. The summed E-state index contributed by atoms with van der Waals surface area (Å²) in [7, 11) is 0. The largest absolute Gasteiger partial charge is 0.446 e. The minimum absolute atomic E-state index is 0.0917. The van der Waals surface area contributed by atoms with Crippen molar-refractivity contribution in [3.05, 3.63) is 65.6 Å². The molecule has 2 aliphatic carbocycles. The van der Waals surface area contributed by atoms with E-state index in [0.717, 1.165) is 60.0 Å². The predicted octanol–water partition coefficient (Wildman–Crippen LogP) is 6.70. The van der Waals surface area contributed by atoms with Crippen molar-refractivity contribution in [3.8, 4) is 35.0 Å². The van der Waals surface area contributed by atoms with Gasteiger partial charge in [0.2, 0.25) is 5.69 Å². The second kappa shape index (κ2) is 10.3. The monoisotopic (exact) mass is 532 g/mol. The van der Waals surface area contributed by atoms with Gasteiger partial charge in [-0.1, -0.05) is 6.07 Å². The Labute approximate surface area is 232 Å². The van der Waals surface area contributed by atoms with Crippen LogP contribution in [0.25, 0.3) is 22.2 Å². The summed E-state index contributed by atoms with van der Waals surface area (Å²) in [5, 5.41) is 23.3. The lowest BCUT2D eigenvalue weighted by molar-refractivity contribution is 0.108. The molecular formula is C31H28N6O3. The first-order valence-corrected chi connectivity index (χ1v) is 13.5. The smallest absolute Gasteiger partial charge is 0.411 e. The van der Waals surface area contributed by atoms with Crippen molar-refractivity contribution in [2.24, 2.45) is 11.8 Å². The summed E-state index contributed by atoms with van der Waals surface area (Å²) in [5.74, 6) is 1.65. The molecule has 9 heteroatoms. The zero-order chi connectivity index (χ0) is 27.8. The topological polar surface area (TPSA) is 126 Å². The molecular weight excluding hydrogens is 504 g/mol.